The second-order valence-corrected chi connectivity index (χ2v) is 6.44. The van der Waals surface area contributed by atoms with Crippen LogP contribution in [0.25, 0.3) is 0 Å². The molecule has 4 nitrogen and oxygen atoms in total. The molecule has 1 aromatic heterocycles. The number of hydrogen-bond donors (Lipinski definition) is 1. The first-order valence-electron chi connectivity index (χ1n) is 7.21. The van der Waals surface area contributed by atoms with Crippen LogP contribution in [0.4, 0.5) is 0 Å². The van der Waals surface area contributed by atoms with Gasteiger partial charge < -0.3 is 10.1 Å². The van der Waals surface area contributed by atoms with Gasteiger partial charge in [0, 0.05) is 31.8 Å². The van der Waals surface area contributed by atoms with Gasteiger partial charge in [-0.25, -0.2) is 0 Å². The number of likely N-dealkylation sites (N-methyl/N-ethyl adjacent to an activating group) is 1. The number of pyridine rings is 1. The number of aromatic nitrogens is 1. The molecular formula is C16H29N3O. The Labute approximate surface area is 123 Å². The molecule has 1 rings (SSSR count). The number of hydrogen-bond acceptors (Lipinski definition) is 4. The lowest BCUT2D eigenvalue weighted by molar-refractivity contribution is 0.111. The van der Waals surface area contributed by atoms with Gasteiger partial charge in [0.15, 0.2) is 0 Å². The van der Waals surface area contributed by atoms with Crippen molar-refractivity contribution in [2.45, 2.75) is 52.4 Å². The van der Waals surface area contributed by atoms with Crippen molar-refractivity contribution in [2.24, 2.45) is 0 Å². The zero-order valence-corrected chi connectivity index (χ0v) is 13.7. The molecule has 1 unspecified atom stereocenters. The summed E-state index contributed by atoms with van der Waals surface area (Å²) < 4.78 is 5.19. The topological polar surface area (TPSA) is 37.4 Å². The molecule has 0 aliphatic carbocycles. The summed E-state index contributed by atoms with van der Waals surface area (Å²) in [7, 11) is 3.84. The fourth-order valence-electron chi connectivity index (χ4n) is 1.85. The lowest BCUT2D eigenvalue weighted by Crippen LogP contribution is -2.35. The second kappa shape index (κ2) is 7.72. The Bertz CT molecular complexity index is 401. The van der Waals surface area contributed by atoms with Crippen LogP contribution in [0.15, 0.2) is 18.2 Å². The van der Waals surface area contributed by atoms with Crippen LogP contribution in [0.2, 0.25) is 0 Å². The molecule has 0 spiro atoms. The summed E-state index contributed by atoms with van der Waals surface area (Å²) in [5.74, 6) is 0. The maximum Gasteiger partial charge on any atom is 0.0615 e. The fourth-order valence-corrected chi connectivity index (χ4v) is 1.85. The van der Waals surface area contributed by atoms with Crippen LogP contribution < -0.4 is 5.32 Å². The monoisotopic (exact) mass is 279 g/mol. The molecule has 1 atom stereocenters. The lowest BCUT2D eigenvalue weighted by Gasteiger charge is -2.24. The highest BCUT2D eigenvalue weighted by molar-refractivity contribution is 5.11. The van der Waals surface area contributed by atoms with E-state index in [2.05, 4.69) is 63.2 Å². The van der Waals surface area contributed by atoms with Crippen molar-refractivity contribution in [3.05, 3.63) is 29.6 Å². The zero-order chi connectivity index (χ0) is 15.2. The van der Waals surface area contributed by atoms with E-state index in [1.54, 1.807) is 7.11 Å². The van der Waals surface area contributed by atoms with Gasteiger partial charge in [-0.15, -0.1) is 0 Å². The van der Waals surface area contributed by atoms with E-state index in [-0.39, 0.29) is 5.54 Å². The van der Waals surface area contributed by atoms with Crippen molar-refractivity contribution in [1.82, 2.24) is 15.2 Å². The maximum absolute atomic E-state index is 5.19. The molecule has 1 N–H and O–H groups in total. The highest BCUT2D eigenvalue weighted by atomic mass is 16.5. The Morgan fingerprint density at radius 3 is 2.55 bits per heavy atom. The summed E-state index contributed by atoms with van der Waals surface area (Å²) in [6, 6.07) is 6.62. The van der Waals surface area contributed by atoms with Gasteiger partial charge in [0.05, 0.1) is 18.0 Å². The van der Waals surface area contributed by atoms with Gasteiger partial charge in [-0.1, -0.05) is 6.07 Å². The molecule has 1 aromatic rings. The third kappa shape index (κ3) is 6.46. The molecule has 0 saturated carbocycles. The third-order valence-corrected chi connectivity index (χ3v) is 3.24. The minimum absolute atomic E-state index is 0.113. The lowest BCUT2D eigenvalue weighted by atomic mass is 10.1. The first kappa shape index (κ1) is 17.1. The predicted molar refractivity (Wildman–Crippen MR) is 83.6 cm³/mol. The Morgan fingerprint density at radius 1 is 1.30 bits per heavy atom. The summed E-state index contributed by atoms with van der Waals surface area (Å²) in [5.41, 5.74) is 2.30. The van der Waals surface area contributed by atoms with Crippen LogP contribution >= 0.6 is 0 Å². The minimum Gasteiger partial charge on any atom is -0.383 e. The van der Waals surface area contributed by atoms with Crippen molar-refractivity contribution in [2.75, 3.05) is 20.8 Å². The van der Waals surface area contributed by atoms with Crippen molar-refractivity contribution >= 4 is 0 Å². The number of methoxy groups -OCH3 is 1. The van der Waals surface area contributed by atoms with E-state index in [4.69, 9.17) is 9.72 Å². The standard InChI is InChI=1S/C16H29N3O/c1-13(12-20-6)19(5)11-15-9-7-8-14(18-15)10-17-16(2,3)4/h7-9,13,17H,10-12H2,1-6H3. The van der Waals surface area contributed by atoms with E-state index in [0.717, 1.165) is 31.1 Å². The zero-order valence-electron chi connectivity index (χ0n) is 13.7. The van der Waals surface area contributed by atoms with Gasteiger partial charge in [0.2, 0.25) is 0 Å². The van der Waals surface area contributed by atoms with Crippen LogP contribution in [-0.2, 0) is 17.8 Å². The molecular weight excluding hydrogens is 250 g/mol. The number of rotatable bonds is 7. The molecule has 0 bridgehead atoms. The van der Waals surface area contributed by atoms with Crippen LogP contribution in [-0.4, -0.2) is 42.2 Å². The second-order valence-electron chi connectivity index (χ2n) is 6.44. The van der Waals surface area contributed by atoms with E-state index >= 15 is 0 Å². The first-order chi connectivity index (χ1) is 9.31. The Morgan fingerprint density at radius 2 is 1.95 bits per heavy atom. The van der Waals surface area contributed by atoms with Gasteiger partial charge in [-0.3, -0.25) is 9.88 Å². The molecule has 0 saturated heterocycles. The summed E-state index contributed by atoms with van der Waals surface area (Å²) in [6.07, 6.45) is 0. The first-order valence-corrected chi connectivity index (χ1v) is 7.21. The molecule has 0 fully saturated rings. The molecule has 0 aliphatic rings. The Hall–Kier alpha value is -0.970. The summed E-state index contributed by atoms with van der Waals surface area (Å²) in [5, 5.41) is 3.47. The highest BCUT2D eigenvalue weighted by Gasteiger charge is 2.11. The van der Waals surface area contributed by atoms with Crippen LogP contribution in [0.3, 0.4) is 0 Å². The molecule has 20 heavy (non-hydrogen) atoms. The average molecular weight is 279 g/mol. The van der Waals surface area contributed by atoms with E-state index < -0.39 is 0 Å². The Balaban J connectivity index is 2.59. The van der Waals surface area contributed by atoms with E-state index in [1.165, 1.54) is 0 Å². The summed E-state index contributed by atoms with van der Waals surface area (Å²) in [4.78, 5) is 6.97. The predicted octanol–water partition coefficient (Wildman–Crippen LogP) is 2.44. The fraction of sp³-hybridized carbons (Fsp3) is 0.688. The van der Waals surface area contributed by atoms with E-state index in [1.807, 2.05) is 0 Å². The molecule has 0 aromatic carbocycles. The van der Waals surface area contributed by atoms with Gasteiger partial charge >= 0.3 is 0 Å². The molecule has 0 aliphatic heterocycles. The van der Waals surface area contributed by atoms with Crippen molar-refractivity contribution < 1.29 is 4.74 Å². The summed E-state index contributed by atoms with van der Waals surface area (Å²) >= 11 is 0. The number of ether oxygens (including phenoxy) is 1. The van der Waals surface area contributed by atoms with Crippen molar-refractivity contribution in [3.63, 3.8) is 0 Å². The van der Waals surface area contributed by atoms with Crippen LogP contribution in [0.5, 0.6) is 0 Å². The summed E-state index contributed by atoms with van der Waals surface area (Å²) in [6.45, 7) is 11.0. The van der Waals surface area contributed by atoms with Crippen LogP contribution in [0, 0.1) is 0 Å². The van der Waals surface area contributed by atoms with Gasteiger partial charge in [0.25, 0.3) is 0 Å². The van der Waals surface area contributed by atoms with Gasteiger partial charge in [0.1, 0.15) is 0 Å². The van der Waals surface area contributed by atoms with Crippen molar-refractivity contribution in [1.29, 1.82) is 0 Å². The van der Waals surface area contributed by atoms with Gasteiger partial charge in [-0.2, -0.15) is 0 Å². The average Bonchev–Trinajstić information content (AvgIpc) is 2.36. The SMILES string of the molecule is COCC(C)N(C)Cc1cccc(CNC(C)(C)C)n1. The molecule has 1 heterocycles. The molecule has 0 radical (unpaired) electrons. The third-order valence-electron chi connectivity index (χ3n) is 3.24. The van der Waals surface area contributed by atoms with Crippen molar-refractivity contribution in [3.8, 4) is 0 Å². The number of nitrogens with one attached hydrogen (secondary N) is 1. The minimum atomic E-state index is 0.113. The normalized spacial score (nSPS) is 13.8. The smallest absolute Gasteiger partial charge is 0.0615 e. The number of nitrogens with zero attached hydrogens (tertiary/aromatic N) is 2. The molecule has 114 valence electrons. The molecule has 0 amide bonds. The van der Waals surface area contributed by atoms with E-state index in [0.29, 0.717) is 6.04 Å². The largest absolute Gasteiger partial charge is 0.383 e. The molecule has 4 heteroatoms. The quantitative estimate of drug-likeness (QED) is 0.832. The Kier molecular flexibility index (Phi) is 6.59. The van der Waals surface area contributed by atoms with E-state index in [9.17, 15) is 0 Å². The van der Waals surface area contributed by atoms with Crippen LogP contribution in [0.1, 0.15) is 39.1 Å². The maximum atomic E-state index is 5.19. The highest BCUT2D eigenvalue weighted by Crippen LogP contribution is 2.07. The van der Waals surface area contributed by atoms with Gasteiger partial charge in [-0.05, 0) is 46.9 Å².